The number of unbranched alkanes of at least 4 members (excludes halogenated alkanes) is 1. The second-order valence-corrected chi connectivity index (χ2v) is 5.52. The second kappa shape index (κ2) is 16.8. The normalized spacial score (nSPS) is 13.8. The third-order valence-corrected chi connectivity index (χ3v) is 3.38. The van der Waals surface area contributed by atoms with E-state index < -0.39 is 5.97 Å². The summed E-state index contributed by atoms with van der Waals surface area (Å²) in [4.78, 5) is 10.3. The Hall–Kier alpha value is -1.61. The number of rotatable bonds is 14. The van der Waals surface area contributed by atoms with Crippen molar-refractivity contribution in [2.24, 2.45) is 0 Å². The van der Waals surface area contributed by atoms with Gasteiger partial charge in [-0.2, -0.15) is 0 Å². The molecule has 3 heteroatoms. The highest BCUT2D eigenvalue weighted by atomic mass is 16.4. The molecular weight excluding hydrogens is 288 g/mol. The summed E-state index contributed by atoms with van der Waals surface area (Å²) in [6, 6.07) is 0. The van der Waals surface area contributed by atoms with Gasteiger partial charge >= 0.3 is 5.97 Å². The van der Waals surface area contributed by atoms with Gasteiger partial charge in [0.05, 0.1) is 6.10 Å². The van der Waals surface area contributed by atoms with E-state index in [4.69, 9.17) is 5.11 Å². The van der Waals surface area contributed by atoms with Crippen LogP contribution in [0.25, 0.3) is 0 Å². The van der Waals surface area contributed by atoms with E-state index in [1.807, 2.05) is 13.0 Å². The highest BCUT2D eigenvalue weighted by Crippen LogP contribution is 2.02. The summed E-state index contributed by atoms with van der Waals surface area (Å²) in [5, 5.41) is 17.9. The summed E-state index contributed by atoms with van der Waals surface area (Å²) in [6.07, 6.45) is 24.0. The molecule has 0 aliphatic rings. The fourth-order valence-corrected chi connectivity index (χ4v) is 1.91. The van der Waals surface area contributed by atoms with Gasteiger partial charge in [-0.05, 0) is 51.4 Å². The summed E-state index contributed by atoms with van der Waals surface area (Å²) in [6.45, 7) is 2.00. The van der Waals surface area contributed by atoms with Crippen molar-refractivity contribution in [3.05, 3.63) is 48.6 Å². The molecule has 0 heterocycles. The van der Waals surface area contributed by atoms with Crippen molar-refractivity contribution < 1.29 is 15.0 Å². The SMILES string of the molecule is CC[C@@H](O)CCC=CCC=CCC=CCC=CCCCC(=O)O. The standard InChI is InChI=1S/C20H32O3/c1-2-19(21)17-15-13-11-9-7-5-3-4-6-8-10-12-14-16-18-20(22)23/h4-7,10-13,19,21H,2-3,8-9,14-18H2,1H3,(H,22,23)/t19-/m1/s1. The highest BCUT2D eigenvalue weighted by Gasteiger charge is 1.96. The maximum absolute atomic E-state index is 10.3. The largest absolute Gasteiger partial charge is 0.481 e. The van der Waals surface area contributed by atoms with Crippen LogP contribution < -0.4 is 0 Å². The van der Waals surface area contributed by atoms with Gasteiger partial charge in [-0.1, -0.05) is 55.5 Å². The van der Waals surface area contributed by atoms with Crippen molar-refractivity contribution in [3.8, 4) is 0 Å². The number of allylic oxidation sites excluding steroid dienone is 8. The van der Waals surface area contributed by atoms with E-state index in [-0.39, 0.29) is 12.5 Å². The number of carboxylic acids is 1. The molecule has 0 aromatic heterocycles. The average molecular weight is 320 g/mol. The predicted molar refractivity (Wildman–Crippen MR) is 97.4 cm³/mol. The Kier molecular flexibility index (Phi) is 15.6. The molecule has 0 saturated carbocycles. The molecule has 2 N–H and O–H groups in total. The monoisotopic (exact) mass is 320 g/mol. The van der Waals surface area contributed by atoms with Crippen LogP contribution in [0.5, 0.6) is 0 Å². The number of aliphatic carboxylic acids is 1. The minimum Gasteiger partial charge on any atom is -0.481 e. The van der Waals surface area contributed by atoms with E-state index >= 15 is 0 Å². The lowest BCUT2D eigenvalue weighted by Gasteiger charge is -2.03. The van der Waals surface area contributed by atoms with E-state index in [0.717, 1.165) is 44.9 Å². The van der Waals surface area contributed by atoms with Crippen LogP contribution in [0, 0.1) is 0 Å². The fraction of sp³-hybridized carbons (Fsp3) is 0.550. The first-order valence-electron chi connectivity index (χ1n) is 8.66. The summed E-state index contributed by atoms with van der Waals surface area (Å²) < 4.78 is 0. The van der Waals surface area contributed by atoms with Gasteiger partial charge in [-0.3, -0.25) is 4.79 Å². The number of aliphatic hydroxyl groups excluding tert-OH is 1. The minimum absolute atomic E-state index is 0.161. The van der Waals surface area contributed by atoms with Crippen LogP contribution in [0.15, 0.2) is 48.6 Å². The Balaban J connectivity index is 3.46. The Labute approximate surface area is 141 Å². The van der Waals surface area contributed by atoms with Gasteiger partial charge < -0.3 is 10.2 Å². The van der Waals surface area contributed by atoms with Crippen LogP contribution in [0.4, 0.5) is 0 Å². The van der Waals surface area contributed by atoms with Gasteiger partial charge in [0.1, 0.15) is 0 Å². The Morgan fingerprint density at radius 2 is 1.35 bits per heavy atom. The van der Waals surface area contributed by atoms with Crippen LogP contribution in [0.2, 0.25) is 0 Å². The van der Waals surface area contributed by atoms with Gasteiger partial charge in [-0.25, -0.2) is 0 Å². The molecule has 1 atom stereocenters. The van der Waals surface area contributed by atoms with Crippen LogP contribution >= 0.6 is 0 Å². The zero-order valence-corrected chi connectivity index (χ0v) is 14.4. The molecule has 0 aromatic rings. The molecule has 0 rings (SSSR count). The molecule has 0 unspecified atom stereocenters. The van der Waals surface area contributed by atoms with Gasteiger partial charge in [0.15, 0.2) is 0 Å². The van der Waals surface area contributed by atoms with Gasteiger partial charge in [0, 0.05) is 6.42 Å². The van der Waals surface area contributed by atoms with Crippen molar-refractivity contribution in [1.29, 1.82) is 0 Å². The van der Waals surface area contributed by atoms with Crippen molar-refractivity contribution in [3.63, 3.8) is 0 Å². The number of carboxylic acid groups (broad SMARTS) is 1. The first kappa shape index (κ1) is 21.4. The molecule has 0 radical (unpaired) electrons. The molecule has 0 amide bonds. The zero-order chi connectivity index (χ0) is 17.2. The number of carbonyl (C=O) groups is 1. The summed E-state index contributed by atoms with van der Waals surface area (Å²) in [5.74, 6) is -0.724. The Bertz CT molecular complexity index is 392. The third kappa shape index (κ3) is 18.3. The van der Waals surface area contributed by atoms with Crippen molar-refractivity contribution in [2.75, 3.05) is 0 Å². The van der Waals surface area contributed by atoms with Crippen LogP contribution in [0.1, 0.15) is 64.7 Å². The molecule has 23 heavy (non-hydrogen) atoms. The number of hydrogen-bond acceptors (Lipinski definition) is 2. The maximum Gasteiger partial charge on any atom is 0.303 e. The maximum atomic E-state index is 10.3. The Morgan fingerprint density at radius 1 is 0.870 bits per heavy atom. The van der Waals surface area contributed by atoms with Crippen LogP contribution in [-0.2, 0) is 4.79 Å². The number of hydrogen-bond donors (Lipinski definition) is 2. The second-order valence-electron chi connectivity index (χ2n) is 5.52. The lowest BCUT2D eigenvalue weighted by atomic mass is 10.1. The first-order valence-corrected chi connectivity index (χ1v) is 8.66. The number of aliphatic hydroxyl groups is 1. The average Bonchev–Trinajstić information content (AvgIpc) is 2.53. The van der Waals surface area contributed by atoms with E-state index in [9.17, 15) is 9.90 Å². The highest BCUT2D eigenvalue weighted by molar-refractivity contribution is 5.66. The molecule has 130 valence electrons. The third-order valence-electron chi connectivity index (χ3n) is 3.38. The molecule has 0 aromatic carbocycles. The zero-order valence-electron chi connectivity index (χ0n) is 14.4. The lowest BCUT2D eigenvalue weighted by Crippen LogP contribution is -2.02. The van der Waals surface area contributed by atoms with Gasteiger partial charge in [0.25, 0.3) is 0 Å². The van der Waals surface area contributed by atoms with Gasteiger partial charge in [-0.15, -0.1) is 0 Å². The van der Waals surface area contributed by atoms with Gasteiger partial charge in [0.2, 0.25) is 0 Å². The van der Waals surface area contributed by atoms with E-state index in [1.54, 1.807) is 0 Å². The molecule has 0 aliphatic carbocycles. The van der Waals surface area contributed by atoms with E-state index in [0.29, 0.717) is 6.42 Å². The molecule has 0 aliphatic heterocycles. The van der Waals surface area contributed by atoms with Crippen LogP contribution in [0.3, 0.4) is 0 Å². The van der Waals surface area contributed by atoms with Crippen molar-refractivity contribution in [2.45, 2.75) is 70.8 Å². The lowest BCUT2D eigenvalue weighted by molar-refractivity contribution is -0.137. The topological polar surface area (TPSA) is 57.5 Å². The first-order chi connectivity index (χ1) is 11.2. The minimum atomic E-state index is -0.724. The Morgan fingerprint density at radius 3 is 1.83 bits per heavy atom. The quantitative estimate of drug-likeness (QED) is 0.342. The summed E-state index contributed by atoms with van der Waals surface area (Å²) >= 11 is 0. The molecule has 0 bridgehead atoms. The van der Waals surface area contributed by atoms with Crippen molar-refractivity contribution in [1.82, 2.24) is 0 Å². The molecular formula is C20H32O3. The van der Waals surface area contributed by atoms with Crippen molar-refractivity contribution >= 4 is 5.97 Å². The summed E-state index contributed by atoms with van der Waals surface area (Å²) in [5.41, 5.74) is 0. The van der Waals surface area contributed by atoms with Crippen LogP contribution in [-0.4, -0.2) is 22.3 Å². The summed E-state index contributed by atoms with van der Waals surface area (Å²) in [7, 11) is 0. The molecule has 3 nitrogen and oxygen atoms in total. The smallest absolute Gasteiger partial charge is 0.303 e. The molecule has 0 spiro atoms. The van der Waals surface area contributed by atoms with E-state index in [1.165, 1.54) is 0 Å². The molecule has 0 saturated heterocycles. The predicted octanol–water partition coefficient (Wildman–Crippen LogP) is 5.19. The van der Waals surface area contributed by atoms with E-state index in [2.05, 4.69) is 42.5 Å². The fourth-order valence-electron chi connectivity index (χ4n) is 1.91. The molecule has 0 fully saturated rings.